The second-order valence-electron chi connectivity index (χ2n) is 5.80. The molecule has 1 N–H and O–H groups in total. The highest BCUT2D eigenvalue weighted by molar-refractivity contribution is 6.05. The molecule has 1 fully saturated rings. The van der Waals surface area contributed by atoms with E-state index in [4.69, 9.17) is 4.74 Å². The Kier molecular flexibility index (Phi) is 4.57. The van der Waals surface area contributed by atoms with E-state index < -0.39 is 0 Å². The molecule has 0 atom stereocenters. The predicted molar refractivity (Wildman–Crippen MR) is 91.1 cm³/mol. The quantitative estimate of drug-likeness (QED) is 0.947. The summed E-state index contributed by atoms with van der Waals surface area (Å²) in [5.74, 6) is -0.138. The third kappa shape index (κ3) is 3.68. The van der Waals surface area contributed by atoms with E-state index >= 15 is 0 Å². The van der Waals surface area contributed by atoms with Crippen molar-refractivity contribution < 1.29 is 9.53 Å². The monoisotopic (exact) mass is 311 g/mol. The van der Waals surface area contributed by atoms with Gasteiger partial charge < -0.3 is 15.0 Å². The molecular formula is C18H21N3O2. The van der Waals surface area contributed by atoms with Crippen molar-refractivity contribution in [1.82, 2.24) is 4.98 Å². The molecule has 1 aromatic heterocycles. The molecule has 120 valence electrons. The highest BCUT2D eigenvalue weighted by Gasteiger charge is 2.14. The van der Waals surface area contributed by atoms with Crippen molar-refractivity contribution in [3.63, 3.8) is 0 Å². The van der Waals surface area contributed by atoms with Crippen molar-refractivity contribution in [3.05, 3.63) is 53.3 Å². The first-order valence-corrected chi connectivity index (χ1v) is 7.80. The Hall–Kier alpha value is -2.40. The van der Waals surface area contributed by atoms with E-state index in [2.05, 4.69) is 15.2 Å². The molecule has 2 aromatic rings. The number of aryl methyl sites for hydroxylation is 2. The predicted octanol–water partition coefficient (Wildman–Crippen LogP) is 2.79. The standard InChI is InChI=1S/C18H21N3O2/c1-13-3-4-14(2)17(9-13)20-18(22)15-10-16(12-19-11-15)21-5-7-23-8-6-21/h3-4,9-12H,5-8H2,1-2H3,(H,20,22). The van der Waals surface area contributed by atoms with E-state index in [0.717, 1.165) is 35.6 Å². The Morgan fingerprint density at radius 1 is 1.17 bits per heavy atom. The summed E-state index contributed by atoms with van der Waals surface area (Å²) in [7, 11) is 0. The van der Waals surface area contributed by atoms with Crippen LogP contribution in [0.4, 0.5) is 11.4 Å². The minimum absolute atomic E-state index is 0.138. The fourth-order valence-electron chi connectivity index (χ4n) is 2.61. The van der Waals surface area contributed by atoms with Crippen LogP contribution >= 0.6 is 0 Å². The second kappa shape index (κ2) is 6.79. The summed E-state index contributed by atoms with van der Waals surface area (Å²) < 4.78 is 5.36. The van der Waals surface area contributed by atoms with Gasteiger partial charge in [0.25, 0.3) is 5.91 Å². The molecule has 2 heterocycles. The minimum atomic E-state index is -0.138. The summed E-state index contributed by atoms with van der Waals surface area (Å²) in [6.45, 7) is 7.05. The fourth-order valence-corrected chi connectivity index (χ4v) is 2.61. The number of amides is 1. The SMILES string of the molecule is Cc1ccc(C)c(NC(=O)c2cncc(N3CCOCC3)c2)c1. The third-order valence-electron chi connectivity index (χ3n) is 4.00. The number of carbonyl (C=O) groups is 1. The number of hydrogen-bond acceptors (Lipinski definition) is 4. The number of nitrogens with one attached hydrogen (secondary N) is 1. The fraction of sp³-hybridized carbons (Fsp3) is 0.333. The number of carbonyl (C=O) groups excluding carboxylic acids is 1. The van der Waals surface area contributed by atoms with E-state index in [1.54, 1.807) is 12.4 Å². The molecule has 3 rings (SSSR count). The van der Waals surface area contributed by atoms with Gasteiger partial charge in [0.2, 0.25) is 0 Å². The topological polar surface area (TPSA) is 54.5 Å². The smallest absolute Gasteiger partial charge is 0.257 e. The molecule has 0 saturated carbocycles. The number of pyridine rings is 1. The number of benzene rings is 1. The van der Waals surface area contributed by atoms with Crippen LogP contribution in [0.25, 0.3) is 0 Å². The number of hydrogen-bond donors (Lipinski definition) is 1. The van der Waals surface area contributed by atoms with Gasteiger partial charge in [-0.25, -0.2) is 0 Å². The van der Waals surface area contributed by atoms with Gasteiger partial charge in [0.1, 0.15) is 0 Å². The first-order valence-electron chi connectivity index (χ1n) is 7.80. The van der Waals surface area contributed by atoms with Gasteiger partial charge in [-0.15, -0.1) is 0 Å². The van der Waals surface area contributed by atoms with Crippen LogP contribution in [0, 0.1) is 13.8 Å². The Morgan fingerprint density at radius 2 is 1.96 bits per heavy atom. The molecule has 0 radical (unpaired) electrons. The van der Waals surface area contributed by atoms with Crippen LogP contribution in [0.15, 0.2) is 36.7 Å². The largest absolute Gasteiger partial charge is 0.378 e. The van der Waals surface area contributed by atoms with Crippen LogP contribution < -0.4 is 10.2 Å². The summed E-state index contributed by atoms with van der Waals surface area (Å²) >= 11 is 0. The number of anilines is 2. The van der Waals surface area contributed by atoms with Gasteiger partial charge in [0.05, 0.1) is 30.7 Å². The lowest BCUT2D eigenvalue weighted by molar-refractivity contribution is 0.102. The van der Waals surface area contributed by atoms with Crippen molar-refractivity contribution in [2.45, 2.75) is 13.8 Å². The lowest BCUT2D eigenvalue weighted by atomic mass is 10.1. The molecule has 23 heavy (non-hydrogen) atoms. The van der Waals surface area contributed by atoms with Crippen molar-refractivity contribution in [3.8, 4) is 0 Å². The van der Waals surface area contributed by atoms with Crippen LogP contribution in [0.2, 0.25) is 0 Å². The molecule has 0 spiro atoms. The number of ether oxygens (including phenoxy) is 1. The van der Waals surface area contributed by atoms with Crippen molar-refractivity contribution in [2.24, 2.45) is 0 Å². The average Bonchev–Trinajstić information content (AvgIpc) is 2.59. The van der Waals surface area contributed by atoms with Gasteiger partial charge in [-0.2, -0.15) is 0 Å². The molecule has 5 heteroatoms. The Balaban J connectivity index is 1.78. The lowest BCUT2D eigenvalue weighted by Gasteiger charge is -2.28. The van der Waals surface area contributed by atoms with Gasteiger partial charge in [-0.05, 0) is 37.1 Å². The maximum absolute atomic E-state index is 12.5. The van der Waals surface area contributed by atoms with Gasteiger partial charge in [-0.3, -0.25) is 9.78 Å². The number of nitrogens with zero attached hydrogens (tertiary/aromatic N) is 2. The van der Waals surface area contributed by atoms with Crippen LogP contribution in [-0.4, -0.2) is 37.2 Å². The van der Waals surface area contributed by atoms with Gasteiger partial charge >= 0.3 is 0 Å². The van der Waals surface area contributed by atoms with Crippen molar-refractivity contribution >= 4 is 17.3 Å². The maximum atomic E-state index is 12.5. The molecule has 0 aliphatic carbocycles. The van der Waals surface area contributed by atoms with Gasteiger partial charge in [0, 0.05) is 25.0 Å². The molecule has 1 aliphatic rings. The molecule has 1 saturated heterocycles. The Morgan fingerprint density at radius 3 is 2.74 bits per heavy atom. The first-order chi connectivity index (χ1) is 11.1. The molecule has 1 aromatic carbocycles. The molecular weight excluding hydrogens is 290 g/mol. The summed E-state index contributed by atoms with van der Waals surface area (Å²) in [6, 6.07) is 7.91. The first kappa shape index (κ1) is 15.5. The van der Waals surface area contributed by atoms with E-state index in [0.29, 0.717) is 18.8 Å². The highest BCUT2D eigenvalue weighted by Crippen LogP contribution is 2.19. The van der Waals surface area contributed by atoms with E-state index in [1.165, 1.54) is 0 Å². The normalized spacial score (nSPS) is 14.6. The molecule has 0 unspecified atom stereocenters. The maximum Gasteiger partial charge on any atom is 0.257 e. The lowest BCUT2D eigenvalue weighted by Crippen LogP contribution is -2.36. The van der Waals surface area contributed by atoms with Crippen molar-refractivity contribution in [2.75, 3.05) is 36.5 Å². The minimum Gasteiger partial charge on any atom is -0.378 e. The molecule has 1 aliphatic heterocycles. The number of aromatic nitrogens is 1. The van der Waals surface area contributed by atoms with Gasteiger partial charge in [-0.1, -0.05) is 12.1 Å². The molecule has 0 bridgehead atoms. The van der Waals surface area contributed by atoms with Crippen LogP contribution in [0.3, 0.4) is 0 Å². The van der Waals surface area contributed by atoms with Crippen LogP contribution in [-0.2, 0) is 4.74 Å². The molecule has 1 amide bonds. The van der Waals surface area contributed by atoms with Crippen LogP contribution in [0.5, 0.6) is 0 Å². The Bertz CT molecular complexity index is 709. The number of morpholine rings is 1. The number of rotatable bonds is 3. The third-order valence-corrected chi connectivity index (χ3v) is 4.00. The molecule has 5 nitrogen and oxygen atoms in total. The summed E-state index contributed by atoms with van der Waals surface area (Å²) in [5, 5.41) is 2.98. The summed E-state index contributed by atoms with van der Waals surface area (Å²) in [4.78, 5) is 18.9. The van der Waals surface area contributed by atoms with Crippen LogP contribution in [0.1, 0.15) is 21.5 Å². The Labute approximate surface area is 136 Å². The zero-order valence-electron chi connectivity index (χ0n) is 13.5. The zero-order chi connectivity index (χ0) is 16.2. The van der Waals surface area contributed by atoms with E-state index in [-0.39, 0.29) is 5.91 Å². The highest BCUT2D eigenvalue weighted by atomic mass is 16.5. The second-order valence-corrected chi connectivity index (χ2v) is 5.80. The van der Waals surface area contributed by atoms with Crippen molar-refractivity contribution in [1.29, 1.82) is 0 Å². The average molecular weight is 311 g/mol. The van der Waals surface area contributed by atoms with Gasteiger partial charge in [0.15, 0.2) is 0 Å². The summed E-state index contributed by atoms with van der Waals surface area (Å²) in [6.07, 6.45) is 3.39. The van der Waals surface area contributed by atoms with E-state index in [1.807, 2.05) is 38.1 Å². The zero-order valence-corrected chi connectivity index (χ0v) is 13.5. The summed E-state index contributed by atoms with van der Waals surface area (Å²) in [5.41, 5.74) is 4.52. The van der Waals surface area contributed by atoms with E-state index in [9.17, 15) is 4.79 Å².